The SMILES string of the molecule is C=CCn1c(Cc2c[nH]c3ccccc23)nnc1SCC(=O)Nc1cc(C)cc(C)c1. The van der Waals surface area contributed by atoms with Gasteiger partial charge in [-0.3, -0.25) is 4.79 Å². The molecule has 0 aliphatic carbocycles. The van der Waals surface area contributed by atoms with Gasteiger partial charge in [0.25, 0.3) is 0 Å². The van der Waals surface area contributed by atoms with E-state index in [1.54, 1.807) is 0 Å². The Hall–Kier alpha value is -3.32. The van der Waals surface area contributed by atoms with Gasteiger partial charge >= 0.3 is 0 Å². The van der Waals surface area contributed by atoms with Gasteiger partial charge in [0, 0.05) is 35.8 Å². The van der Waals surface area contributed by atoms with Gasteiger partial charge in [0.2, 0.25) is 5.91 Å². The van der Waals surface area contributed by atoms with Crippen molar-refractivity contribution < 1.29 is 4.79 Å². The molecule has 2 aromatic heterocycles. The molecule has 0 spiro atoms. The summed E-state index contributed by atoms with van der Waals surface area (Å²) in [7, 11) is 0. The minimum absolute atomic E-state index is 0.0682. The Morgan fingerprint density at radius 2 is 1.97 bits per heavy atom. The number of amides is 1. The first kappa shape index (κ1) is 20.9. The minimum Gasteiger partial charge on any atom is -0.361 e. The maximum atomic E-state index is 12.5. The smallest absolute Gasteiger partial charge is 0.234 e. The van der Waals surface area contributed by atoms with Gasteiger partial charge in [-0.1, -0.05) is 42.1 Å². The predicted octanol–water partition coefficient (Wildman–Crippen LogP) is 4.88. The molecule has 0 aliphatic heterocycles. The first-order valence-electron chi connectivity index (χ1n) is 10.1. The number of benzene rings is 2. The molecule has 0 radical (unpaired) electrons. The number of para-hydroxylation sites is 1. The molecule has 0 atom stereocenters. The summed E-state index contributed by atoms with van der Waals surface area (Å²) >= 11 is 1.38. The maximum Gasteiger partial charge on any atom is 0.234 e. The van der Waals surface area contributed by atoms with Gasteiger partial charge in [-0.05, 0) is 48.7 Å². The summed E-state index contributed by atoms with van der Waals surface area (Å²) in [6.07, 6.45) is 4.49. The lowest BCUT2D eigenvalue weighted by molar-refractivity contribution is -0.113. The van der Waals surface area contributed by atoms with E-state index >= 15 is 0 Å². The van der Waals surface area contributed by atoms with E-state index in [2.05, 4.69) is 45.3 Å². The molecule has 7 heteroatoms. The molecule has 0 unspecified atom stereocenters. The number of nitrogens with one attached hydrogen (secondary N) is 2. The lowest BCUT2D eigenvalue weighted by atomic mass is 10.1. The van der Waals surface area contributed by atoms with Crippen LogP contribution in [0, 0.1) is 13.8 Å². The fourth-order valence-electron chi connectivity index (χ4n) is 3.69. The zero-order chi connectivity index (χ0) is 21.8. The summed E-state index contributed by atoms with van der Waals surface area (Å²) in [5, 5.41) is 13.6. The fraction of sp³-hybridized carbons (Fsp3) is 0.208. The van der Waals surface area contributed by atoms with Crippen molar-refractivity contribution in [2.24, 2.45) is 0 Å². The Labute approximate surface area is 185 Å². The number of rotatable bonds is 8. The van der Waals surface area contributed by atoms with Crippen molar-refractivity contribution in [1.82, 2.24) is 19.7 Å². The average Bonchev–Trinajstić information content (AvgIpc) is 3.31. The van der Waals surface area contributed by atoms with Crippen molar-refractivity contribution in [3.8, 4) is 0 Å². The van der Waals surface area contributed by atoms with E-state index in [4.69, 9.17) is 0 Å². The third kappa shape index (κ3) is 4.88. The number of hydrogen-bond donors (Lipinski definition) is 2. The standard InChI is InChI=1S/C24H25N5OS/c1-4-9-29-22(13-18-14-25-21-8-6-5-7-20(18)21)27-28-24(29)31-15-23(30)26-19-11-16(2)10-17(3)12-19/h4-8,10-12,14,25H,1,9,13,15H2,2-3H3,(H,26,30). The molecule has 6 nitrogen and oxygen atoms in total. The lowest BCUT2D eigenvalue weighted by Crippen LogP contribution is -2.15. The number of aromatic amines is 1. The van der Waals surface area contributed by atoms with Crippen molar-refractivity contribution in [2.45, 2.75) is 32.0 Å². The van der Waals surface area contributed by atoms with E-state index < -0.39 is 0 Å². The molecule has 4 aromatic rings. The normalized spacial score (nSPS) is 11.0. The van der Waals surface area contributed by atoms with Crippen LogP contribution < -0.4 is 5.32 Å². The van der Waals surface area contributed by atoms with Crippen LogP contribution >= 0.6 is 11.8 Å². The van der Waals surface area contributed by atoms with Crippen LogP contribution in [0.5, 0.6) is 0 Å². The van der Waals surface area contributed by atoms with Crippen molar-refractivity contribution in [1.29, 1.82) is 0 Å². The Balaban J connectivity index is 1.46. The van der Waals surface area contributed by atoms with Crippen LogP contribution in [0.15, 0.2) is 66.5 Å². The number of carbonyl (C=O) groups excluding carboxylic acids is 1. The summed E-state index contributed by atoms with van der Waals surface area (Å²) < 4.78 is 2.02. The fourth-order valence-corrected chi connectivity index (χ4v) is 4.46. The first-order chi connectivity index (χ1) is 15.0. The summed E-state index contributed by atoms with van der Waals surface area (Å²) in [4.78, 5) is 15.8. The van der Waals surface area contributed by atoms with Gasteiger partial charge in [-0.2, -0.15) is 0 Å². The van der Waals surface area contributed by atoms with Gasteiger partial charge in [0.1, 0.15) is 5.82 Å². The molecule has 0 aliphatic rings. The average molecular weight is 432 g/mol. The Morgan fingerprint density at radius 3 is 2.74 bits per heavy atom. The molecular weight excluding hydrogens is 406 g/mol. The van der Waals surface area contributed by atoms with E-state index in [1.807, 2.05) is 55.0 Å². The van der Waals surface area contributed by atoms with Gasteiger partial charge in [0.05, 0.1) is 5.75 Å². The molecule has 2 heterocycles. The minimum atomic E-state index is -0.0682. The molecule has 2 aromatic carbocycles. The third-order valence-electron chi connectivity index (χ3n) is 4.97. The summed E-state index contributed by atoms with van der Waals surface area (Å²) in [6, 6.07) is 14.2. The zero-order valence-corrected chi connectivity index (χ0v) is 18.5. The molecule has 0 saturated heterocycles. The highest BCUT2D eigenvalue weighted by Gasteiger charge is 2.15. The molecule has 0 bridgehead atoms. The van der Waals surface area contributed by atoms with Crippen LogP contribution in [0.3, 0.4) is 0 Å². The van der Waals surface area contributed by atoms with E-state index in [0.29, 0.717) is 18.1 Å². The van der Waals surface area contributed by atoms with Gasteiger partial charge in [-0.25, -0.2) is 0 Å². The first-order valence-corrected chi connectivity index (χ1v) is 11.1. The summed E-state index contributed by atoms with van der Waals surface area (Å²) in [6.45, 7) is 8.49. The highest BCUT2D eigenvalue weighted by atomic mass is 32.2. The highest BCUT2D eigenvalue weighted by Crippen LogP contribution is 2.23. The lowest BCUT2D eigenvalue weighted by Gasteiger charge is -2.09. The molecule has 0 saturated carbocycles. The van der Waals surface area contributed by atoms with Gasteiger partial charge in [-0.15, -0.1) is 16.8 Å². The molecule has 2 N–H and O–H groups in total. The predicted molar refractivity (Wildman–Crippen MR) is 127 cm³/mol. The molecule has 0 fully saturated rings. The van der Waals surface area contributed by atoms with Crippen molar-refractivity contribution >= 4 is 34.3 Å². The van der Waals surface area contributed by atoms with Crippen LogP contribution in [-0.2, 0) is 17.8 Å². The van der Waals surface area contributed by atoms with E-state index in [0.717, 1.165) is 33.7 Å². The maximum absolute atomic E-state index is 12.5. The Morgan fingerprint density at radius 1 is 1.19 bits per heavy atom. The second-order valence-electron chi connectivity index (χ2n) is 7.55. The number of aromatic nitrogens is 4. The molecule has 158 valence electrons. The topological polar surface area (TPSA) is 75.6 Å². The zero-order valence-electron chi connectivity index (χ0n) is 17.7. The number of nitrogens with zero attached hydrogens (tertiary/aromatic N) is 3. The second kappa shape index (κ2) is 9.22. The van der Waals surface area contributed by atoms with Crippen LogP contribution in [0.4, 0.5) is 5.69 Å². The number of aryl methyl sites for hydroxylation is 2. The van der Waals surface area contributed by atoms with Crippen LogP contribution in [0.25, 0.3) is 10.9 Å². The van der Waals surface area contributed by atoms with Crippen LogP contribution in [-0.4, -0.2) is 31.4 Å². The van der Waals surface area contributed by atoms with E-state index in [1.165, 1.54) is 17.1 Å². The second-order valence-corrected chi connectivity index (χ2v) is 8.49. The van der Waals surface area contributed by atoms with Crippen molar-refractivity contribution in [3.63, 3.8) is 0 Å². The van der Waals surface area contributed by atoms with Gasteiger partial charge in [0.15, 0.2) is 5.16 Å². The molecular formula is C24H25N5OS. The van der Waals surface area contributed by atoms with E-state index in [-0.39, 0.29) is 11.7 Å². The number of carbonyl (C=O) groups is 1. The summed E-state index contributed by atoms with van der Waals surface area (Å²) in [5.41, 5.74) is 5.32. The van der Waals surface area contributed by atoms with Gasteiger partial charge < -0.3 is 14.9 Å². The number of allylic oxidation sites excluding steroid dienone is 1. The Kier molecular flexibility index (Phi) is 6.23. The third-order valence-corrected chi connectivity index (χ3v) is 5.93. The number of thioether (sulfide) groups is 1. The van der Waals surface area contributed by atoms with Crippen LogP contribution in [0.1, 0.15) is 22.5 Å². The number of fused-ring (bicyclic) bond motifs is 1. The molecule has 4 rings (SSSR count). The van der Waals surface area contributed by atoms with Crippen molar-refractivity contribution in [2.75, 3.05) is 11.1 Å². The number of anilines is 1. The largest absolute Gasteiger partial charge is 0.361 e. The monoisotopic (exact) mass is 431 g/mol. The number of hydrogen-bond acceptors (Lipinski definition) is 4. The van der Waals surface area contributed by atoms with Crippen molar-refractivity contribution in [3.05, 3.63) is 83.8 Å². The quantitative estimate of drug-likeness (QED) is 0.308. The van der Waals surface area contributed by atoms with E-state index in [9.17, 15) is 4.79 Å². The molecule has 31 heavy (non-hydrogen) atoms. The van der Waals surface area contributed by atoms with Crippen LogP contribution in [0.2, 0.25) is 0 Å². The summed E-state index contributed by atoms with van der Waals surface area (Å²) in [5.74, 6) is 1.04. The Bertz CT molecular complexity index is 1220. The highest BCUT2D eigenvalue weighted by molar-refractivity contribution is 7.99. The number of H-pyrrole nitrogens is 1. The molecule has 1 amide bonds.